The lowest BCUT2D eigenvalue weighted by atomic mass is 9.88. The van der Waals surface area contributed by atoms with Crippen molar-refractivity contribution in [3.05, 3.63) is 102 Å². The van der Waals surface area contributed by atoms with Crippen LogP contribution in [0.5, 0.6) is 0 Å². The van der Waals surface area contributed by atoms with Crippen LogP contribution in [0.2, 0.25) is 0 Å². The van der Waals surface area contributed by atoms with Crippen LogP contribution in [0.4, 0.5) is 5.69 Å². The van der Waals surface area contributed by atoms with Gasteiger partial charge in [-0.05, 0) is 52.2 Å². The van der Waals surface area contributed by atoms with E-state index >= 15 is 0 Å². The van der Waals surface area contributed by atoms with E-state index in [4.69, 9.17) is 0 Å². The molecule has 6 nitrogen and oxygen atoms in total. The van der Waals surface area contributed by atoms with Crippen molar-refractivity contribution in [2.75, 3.05) is 5.32 Å². The van der Waals surface area contributed by atoms with Gasteiger partial charge in [0.05, 0.1) is 5.69 Å². The molecule has 6 heteroatoms. The van der Waals surface area contributed by atoms with E-state index in [9.17, 15) is 4.79 Å². The van der Waals surface area contributed by atoms with Crippen LogP contribution in [0.1, 0.15) is 29.0 Å². The second-order valence-electron chi connectivity index (χ2n) is 6.88. The fourth-order valence-electron chi connectivity index (χ4n) is 3.46. The average molecular weight is 383 g/mol. The molecule has 0 saturated carbocycles. The number of anilines is 1. The summed E-state index contributed by atoms with van der Waals surface area (Å²) in [6.07, 6.45) is 1.91. The van der Waals surface area contributed by atoms with Gasteiger partial charge in [0.15, 0.2) is 0 Å². The Morgan fingerprint density at radius 1 is 0.966 bits per heavy atom. The molecule has 29 heavy (non-hydrogen) atoms. The molecule has 0 aliphatic rings. The van der Waals surface area contributed by atoms with Crippen molar-refractivity contribution in [3.8, 4) is 5.69 Å². The Labute approximate surface area is 169 Å². The largest absolute Gasteiger partial charge is 0.326 e. The molecular weight excluding hydrogens is 362 g/mol. The van der Waals surface area contributed by atoms with Crippen LogP contribution in [-0.2, 0) is 4.79 Å². The zero-order valence-corrected chi connectivity index (χ0v) is 16.1. The van der Waals surface area contributed by atoms with Gasteiger partial charge in [-0.1, -0.05) is 60.7 Å². The summed E-state index contributed by atoms with van der Waals surface area (Å²) >= 11 is 0. The van der Waals surface area contributed by atoms with Gasteiger partial charge in [-0.15, -0.1) is 5.10 Å². The first-order chi connectivity index (χ1) is 14.2. The van der Waals surface area contributed by atoms with Crippen LogP contribution in [0.3, 0.4) is 0 Å². The molecule has 0 bridgehead atoms. The van der Waals surface area contributed by atoms with E-state index in [1.54, 1.807) is 11.0 Å². The summed E-state index contributed by atoms with van der Waals surface area (Å²) in [5, 5.41) is 14.3. The number of nitrogens with one attached hydrogen (secondary N) is 1. The highest BCUT2D eigenvalue weighted by atomic mass is 16.1. The zero-order chi connectivity index (χ0) is 20.1. The fraction of sp³-hybridized carbons (Fsp3) is 0.130. The van der Waals surface area contributed by atoms with Crippen LogP contribution in [0, 0.1) is 6.92 Å². The second kappa shape index (κ2) is 8.48. The molecule has 4 aromatic rings. The van der Waals surface area contributed by atoms with E-state index in [1.165, 1.54) is 0 Å². The Morgan fingerprint density at radius 2 is 1.62 bits per heavy atom. The van der Waals surface area contributed by atoms with Crippen LogP contribution >= 0.6 is 0 Å². The van der Waals surface area contributed by atoms with Crippen LogP contribution in [0.25, 0.3) is 5.69 Å². The number of hydrogen-bond donors (Lipinski definition) is 1. The van der Waals surface area contributed by atoms with Crippen LogP contribution in [-0.4, -0.2) is 26.1 Å². The lowest BCUT2D eigenvalue weighted by Crippen LogP contribution is -2.16. The Bertz CT molecular complexity index is 1040. The number of aryl methyl sites for hydroxylation is 1. The number of carbonyl (C=O) groups excluding carboxylic acids is 1. The first-order valence-corrected chi connectivity index (χ1v) is 9.44. The summed E-state index contributed by atoms with van der Waals surface area (Å²) in [7, 11) is 0. The molecule has 0 atom stereocenters. The maximum Gasteiger partial charge on any atom is 0.225 e. The summed E-state index contributed by atoms with van der Waals surface area (Å²) < 4.78 is 1.60. The minimum atomic E-state index is -0.0303. The lowest BCUT2D eigenvalue weighted by Gasteiger charge is -2.18. The van der Waals surface area contributed by atoms with E-state index in [0.29, 0.717) is 6.42 Å². The molecule has 0 saturated heterocycles. The average Bonchev–Trinajstić information content (AvgIpc) is 3.28. The zero-order valence-electron chi connectivity index (χ0n) is 16.1. The Kier molecular flexibility index (Phi) is 5.42. The maximum atomic E-state index is 12.8. The summed E-state index contributed by atoms with van der Waals surface area (Å²) in [5.74, 6) is -0.0312. The number of amides is 1. The third-order valence-corrected chi connectivity index (χ3v) is 4.87. The molecule has 0 fully saturated rings. The number of carbonyl (C=O) groups is 1. The highest BCUT2D eigenvalue weighted by molar-refractivity contribution is 5.91. The molecule has 1 heterocycles. The van der Waals surface area contributed by atoms with Gasteiger partial charge >= 0.3 is 0 Å². The minimum Gasteiger partial charge on any atom is -0.326 e. The molecule has 0 unspecified atom stereocenters. The highest BCUT2D eigenvalue weighted by Gasteiger charge is 2.18. The minimum absolute atomic E-state index is 0.000932. The molecule has 0 radical (unpaired) electrons. The highest BCUT2D eigenvalue weighted by Crippen LogP contribution is 2.28. The van der Waals surface area contributed by atoms with Gasteiger partial charge in [0.1, 0.15) is 6.33 Å². The summed E-state index contributed by atoms with van der Waals surface area (Å²) in [5.41, 5.74) is 4.85. The molecular formula is C23H21N5O. The Morgan fingerprint density at radius 3 is 2.17 bits per heavy atom. The molecule has 1 aromatic heterocycles. The van der Waals surface area contributed by atoms with Crippen molar-refractivity contribution in [3.63, 3.8) is 0 Å². The van der Waals surface area contributed by atoms with Gasteiger partial charge in [-0.25, -0.2) is 4.68 Å². The molecule has 1 N–H and O–H groups in total. The number of aromatic nitrogens is 4. The van der Waals surface area contributed by atoms with E-state index < -0.39 is 0 Å². The number of rotatable bonds is 6. The van der Waals surface area contributed by atoms with Crippen molar-refractivity contribution >= 4 is 11.6 Å². The summed E-state index contributed by atoms with van der Waals surface area (Å²) in [6, 6.07) is 25.9. The van der Waals surface area contributed by atoms with Gasteiger partial charge in [0.25, 0.3) is 0 Å². The summed E-state index contributed by atoms with van der Waals surface area (Å²) in [6.45, 7) is 1.96. The van der Waals surface area contributed by atoms with Gasteiger partial charge in [-0.3, -0.25) is 4.79 Å². The van der Waals surface area contributed by atoms with Crippen LogP contribution in [0.15, 0.2) is 85.2 Å². The molecule has 0 aliphatic carbocycles. The first-order valence-electron chi connectivity index (χ1n) is 9.44. The van der Waals surface area contributed by atoms with E-state index in [2.05, 4.69) is 45.1 Å². The normalized spacial score (nSPS) is 10.8. The van der Waals surface area contributed by atoms with E-state index in [0.717, 1.165) is 28.1 Å². The standard InChI is InChI=1S/C23H21N5O/c1-17-14-20(12-13-22(17)28-16-24-26-27-28)25-23(29)15-21(18-8-4-2-5-9-18)19-10-6-3-7-11-19/h2-14,16,21H,15H2,1H3,(H,25,29). The predicted molar refractivity (Wildman–Crippen MR) is 112 cm³/mol. The molecule has 4 rings (SSSR count). The van der Waals surface area contributed by atoms with Gasteiger partial charge in [-0.2, -0.15) is 0 Å². The third kappa shape index (κ3) is 4.38. The number of tetrazole rings is 1. The maximum absolute atomic E-state index is 12.8. The molecule has 1 amide bonds. The third-order valence-electron chi connectivity index (χ3n) is 4.87. The lowest BCUT2D eigenvalue weighted by molar-refractivity contribution is -0.116. The summed E-state index contributed by atoms with van der Waals surface area (Å²) in [4.78, 5) is 12.8. The molecule has 0 aliphatic heterocycles. The monoisotopic (exact) mass is 383 g/mol. The topological polar surface area (TPSA) is 72.7 Å². The quantitative estimate of drug-likeness (QED) is 0.543. The number of hydrogen-bond acceptors (Lipinski definition) is 4. The SMILES string of the molecule is Cc1cc(NC(=O)CC(c2ccccc2)c2ccccc2)ccc1-n1cnnn1. The second-order valence-corrected chi connectivity index (χ2v) is 6.88. The van der Waals surface area contributed by atoms with Crippen molar-refractivity contribution in [2.45, 2.75) is 19.3 Å². The van der Waals surface area contributed by atoms with Crippen molar-refractivity contribution in [2.24, 2.45) is 0 Å². The number of nitrogens with zero attached hydrogens (tertiary/aromatic N) is 4. The number of benzene rings is 3. The van der Waals surface area contributed by atoms with E-state index in [1.807, 2.05) is 61.5 Å². The first kappa shape index (κ1) is 18.6. The fourth-order valence-corrected chi connectivity index (χ4v) is 3.46. The molecule has 144 valence electrons. The van der Waals surface area contributed by atoms with Crippen LogP contribution < -0.4 is 5.32 Å². The van der Waals surface area contributed by atoms with E-state index in [-0.39, 0.29) is 11.8 Å². The predicted octanol–water partition coefficient (Wildman–Crippen LogP) is 4.13. The Balaban J connectivity index is 1.52. The molecule has 3 aromatic carbocycles. The van der Waals surface area contributed by atoms with Gasteiger partial charge in [0, 0.05) is 18.0 Å². The van der Waals surface area contributed by atoms with Crippen molar-refractivity contribution in [1.82, 2.24) is 20.2 Å². The van der Waals surface area contributed by atoms with Gasteiger partial charge in [0.2, 0.25) is 5.91 Å². The molecule has 0 spiro atoms. The smallest absolute Gasteiger partial charge is 0.225 e. The van der Waals surface area contributed by atoms with Gasteiger partial charge < -0.3 is 5.32 Å². The van der Waals surface area contributed by atoms with Crippen molar-refractivity contribution < 1.29 is 4.79 Å². The Hall–Kier alpha value is -3.80. The van der Waals surface area contributed by atoms with Crippen molar-refractivity contribution in [1.29, 1.82) is 0 Å².